The van der Waals surface area contributed by atoms with E-state index in [1.807, 2.05) is 36.5 Å². The maximum atomic E-state index is 13.2. The molecule has 0 aliphatic rings. The Labute approximate surface area is 155 Å². The van der Waals surface area contributed by atoms with Crippen molar-refractivity contribution in [2.75, 3.05) is 7.11 Å². The second-order valence-corrected chi connectivity index (χ2v) is 7.08. The largest absolute Gasteiger partial charge is 0.497 e. The molecule has 0 spiro atoms. The van der Waals surface area contributed by atoms with Crippen LogP contribution in [0.15, 0.2) is 48.7 Å². The first-order chi connectivity index (χ1) is 12.5. The van der Waals surface area contributed by atoms with Gasteiger partial charge in [0.25, 0.3) is 0 Å². The SMILES string of the molecule is CCCCn1cc(C(=O)c2ccc(C(C)C)cc2)c2cc(OC)ccc21. The van der Waals surface area contributed by atoms with Crippen LogP contribution in [0.3, 0.4) is 0 Å². The fraction of sp³-hybridized carbons (Fsp3) is 0.348. The Morgan fingerprint density at radius 3 is 2.46 bits per heavy atom. The molecule has 0 amide bonds. The van der Waals surface area contributed by atoms with E-state index < -0.39 is 0 Å². The molecule has 0 radical (unpaired) electrons. The van der Waals surface area contributed by atoms with E-state index in [2.05, 4.69) is 37.5 Å². The van der Waals surface area contributed by atoms with Crippen molar-refractivity contribution in [3.05, 3.63) is 65.4 Å². The molecule has 0 bridgehead atoms. The number of fused-ring (bicyclic) bond motifs is 1. The summed E-state index contributed by atoms with van der Waals surface area (Å²) in [5.41, 5.74) is 3.80. The van der Waals surface area contributed by atoms with Crippen LogP contribution in [0.2, 0.25) is 0 Å². The highest BCUT2D eigenvalue weighted by Gasteiger charge is 2.17. The van der Waals surface area contributed by atoms with E-state index in [0.29, 0.717) is 5.92 Å². The number of unbranched alkanes of at least 4 members (excludes halogenated alkanes) is 1. The number of nitrogens with zero attached hydrogens (tertiary/aromatic N) is 1. The monoisotopic (exact) mass is 349 g/mol. The fourth-order valence-corrected chi connectivity index (χ4v) is 3.27. The van der Waals surface area contributed by atoms with E-state index >= 15 is 0 Å². The normalized spacial score (nSPS) is 11.3. The van der Waals surface area contributed by atoms with Gasteiger partial charge >= 0.3 is 0 Å². The summed E-state index contributed by atoms with van der Waals surface area (Å²) in [5.74, 6) is 1.29. The van der Waals surface area contributed by atoms with Crippen molar-refractivity contribution in [1.82, 2.24) is 4.57 Å². The first-order valence-electron chi connectivity index (χ1n) is 9.36. The summed E-state index contributed by atoms with van der Waals surface area (Å²) < 4.78 is 7.56. The highest BCUT2D eigenvalue weighted by Crippen LogP contribution is 2.28. The molecule has 3 heteroatoms. The van der Waals surface area contributed by atoms with Gasteiger partial charge in [-0.15, -0.1) is 0 Å². The molecule has 0 N–H and O–H groups in total. The summed E-state index contributed by atoms with van der Waals surface area (Å²) in [6.45, 7) is 7.41. The van der Waals surface area contributed by atoms with E-state index in [4.69, 9.17) is 4.74 Å². The highest BCUT2D eigenvalue weighted by atomic mass is 16.5. The molecular formula is C23H27NO2. The van der Waals surface area contributed by atoms with Crippen molar-refractivity contribution in [2.45, 2.75) is 46.1 Å². The average Bonchev–Trinajstić information content (AvgIpc) is 3.03. The van der Waals surface area contributed by atoms with Crippen LogP contribution in [-0.4, -0.2) is 17.5 Å². The number of benzene rings is 2. The van der Waals surface area contributed by atoms with Gasteiger partial charge in [-0.05, 0) is 36.1 Å². The molecule has 1 heterocycles. The smallest absolute Gasteiger partial charge is 0.195 e. The number of aryl methyl sites for hydroxylation is 1. The minimum Gasteiger partial charge on any atom is -0.497 e. The lowest BCUT2D eigenvalue weighted by Crippen LogP contribution is -2.01. The van der Waals surface area contributed by atoms with Crippen molar-refractivity contribution in [2.24, 2.45) is 0 Å². The number of ketones is 1. The van der Waals surface area contributed by atoms with Crippen LogP contribution < -0.4 is 4.74 Å². The molecule has 3 nitrogen and oxygen atoms in total. The topological polar surface area (TPSA) is 31.2 Å². The van der Waals surface area contributed by atoms with E-state index in [9.17, 15) is 4.79 Å². The van der Waals surface area contributed by atoms with Gasteiger partial charge in [0.15, 0.2) is 5.78 Å². The molecule has 3 aromatic rings. The zero-order chi connectivity index (χ0) is 18.7. The van der Waals surface area contributed by atoms with E-state index in [-0.39, 0.29) is 5.78 Å². The third-order valence-corrected chi connectivity index (χ3v) is 4.92. The molecule has 1 aromatic heterocycles. The van der Waals surface area contributed by atoms with E-state index in [1.165, 1.54) is 5.56 Å². The summed E-state index contributed by atoms with van der Waals surface area (Å²) in [6, 6.07) is 13.9. The van der Waals surface area contributed by atoms with Crippen molar-refractivity contribution in [3.63, 3.8) is 0 Å². The molecule has 2 aromatic carbocycles. The number of aromatic nitrogens is 1. The van der Waals surface area contributed by atoms with Gasteiger partial charge in [0.2, 0.25) is 0 Å². The number of hydrogen-bond acceptors (Lipinski definition) is 2. The quantitative estimate of drug-likeness (QED) is 0.504. The summed E-state index contributed by atoms with van der Waals surface area (Å²) in [4.78, 5) is 13.2. The minimum absolute atomic E-state index is 0.0637. The maximum absolute atomic E-state index is 13.2. The van der Waals surface area contributed by atoms with Crippen LogP contribution in [0, 0.1) is 0 Å². The molecule has 3 rings (SSSR count). The van der Waals surface area contributed by atoms with Gasteiger partial charge in [-0.3, -0.25) is 4.79 Å². The molecule has 0 atom stereocenters. The molecular weight excluding hydrogens is 322 g/mol. The number of rotatable bonds is 7. The van der Waals surface area contributed by atoms with Crippen molar-refractivity contribution in [3.8, 4) is 5.75 Å². The van der Waals surface area contributed by atoms with Crippen molar-refractivity contribution in [1.29, 1.82) is 0 Å². The van der Waals surface area contributed by atoms with Gasteiger partial charge < -0.3 is 9.30 Å². The third-order valence-electron chi connectivity index (χ3n) is 4.92. The Balaban J connectivity index is 2.05. The van der Waals surface area contributed by atoms with Crippen LogP contribution >= 0.6 is 0 Å². The fourth-order valence-electron chi connectivity index (χ4n) is 3.27. The molecule has 136 valence electrons. The van der Waals surface area contributed by atoms with Gasteiger partial charge in [-0.2, -0.15) is 0 Å². The standard InChI is InChI=1S/C23H27NO2/c1-5-6-13-24-15-21(20-14-19(26-4)11-12-22(20)24)23(25)18-9-7-17(8-10-18)16(2)3/h7-12,14-16H,5-6,13H2,1-4H3. The summed E-state index contributed by atoms with van der Waals surface area (Å²) in [6.07, 6.45) is 4.21. The van der Waals surface area contributed by atoms with Gasteiger partial charge in [0, 0.05) is 34.8 Å². The summed E-state index contributed by atoms with van der Waals surface area (Å²) in [7, 11) is 1.65. The van der Waals surface area contributed by atoms with Crippen LogP contribution in [0.1, 0.15) is 61.0 Å². The van der Waals surface area contributed by atoms with Crippen LogP contribution in [0.5, 0.6) is 5.75 Å². The van der Waals surface area contributed by atoms with Gasteiger partial charge in [-0.25, -0.2) is 0 Å². The molecule has 26 heavy (non-hydrogen) atoms. The zero-order valence-electron chi connectivity index (χ0n) is 16.1. The lowest BCUT2D eigenvalue weighted by Gasteiger charge is -2.06. The summed E-state index contributed by atoms with van der Waals surface area (Å²) >= 11 is 0. The van der Waals surface area contributed by atoms with Gasteiger partial charge in [-0.1, -0.05) is 51.5 Å². The van der Waals surface area contributed by atoms with E-state index in [1.54, 1.807) is 7.11 Å². The number of ether oxygens (including phenoxy) is 1. The number of carbonyl (C=O) groups is 1. The number of hydrogen-bond donors (Lipinski definition) is 0. The Hall–Kier alpha value is -2.55. The predicted molar refractivity (Wildman–Crippen MR) is 107 cm³/mol. The van der Waals surface area contributed by atoms with Gasteiger partial charge in [0.05, 0.1) is 7.11 Å². The minimum atomic E-state index is 0.0637. The first-order valence-corrected chi connectivity index (χ1v) is 9.36. The second-order valence-electron chi connectivity index (χ2n) is 7.08. The first kappa shape index (κ1) is 18.2. The van der Waals surface area contributed by atoms with Crippen LogP contribution in [0.4, 0.5) is 0 Å². The third kappa shape index (κ3) is 3.52. The van der Waals surface area contributed by atoms with Crippen molar-refractivity contribution >= 4 is 16.7 Å². The van der Waals surface area contributed by atoms with Crippen LogP contribution in [0.25, 0.3) is 10.9 Å². The van der Waals surface area contributed by atoms with E-state index in [0.717, 1.165) is 47.2 Å². The predicted octanol–water partition coefficient (Wildman–Crippen LogP) is 5.80. The molecule has 0 saturated carbocycles. The Morgan fingerprint density at radius 2 is 1.85 bits per heavy atom. The molecule has 0 unspecified atom stereocenters. The lowest BCUT2D eigenvalue weighted by molar-refractivity contribution is 0.104. The lowest BCUT2D eigenvalue weighted by atomic mass is 9.98. The Bertz CT molecular complexity index is 904. The molecule has 0 aliphatic heterocycles. The molecule has 0 saturated heterocycles. The second kappa shape index (κ2) is 7.77. The van der Waals surface area contributed by atoms with Crippen LogP contribution in [-0.2, 0) is 6.54 Å². The molecule has 0 fully saturated rings. The van der Waals surface area contributed by atoms with Gasteiger partial charge in [0.1, 0.15) is 5.75 Å². The highest BCUT2D eigenvalue weighted by molar-refractivity contribution is 6.16. The Morgan fingerprint density at radius 1 is 1.12 bits per heavy atom. The summed E-state index contributed by atoms with van der Waals surface area (Å²) in [5, 5.41) is 0.957. The number of carbonyl (C=O) groups excluding carboxylic acids is 1. The Kier molecular flexibility index (Phi) is 5.46. The number of methoxy groups -OCH3 is 1. The molecule has 0 aliphatic carbocycles. The average molecular weight is 349 g/mol. The maximum Gasteiger partial charge on any atom is 0.195 e. The van der Waals surface area contributed by atoms with Crippen molar-refractivity contribution < 1.29 is 9.53 Å². The zero-order valence-corrected chi connectivity index (χ0v) is 16.1.